The minimum Gasteiger partial charge on any atom is -0.353 e. The molecule has 0 aliphatic heterocycles. The summed E-state index contributed by atoms with van der Waals surface area (Å²) in [5.74, 6) is 0.190. The van der Waals surface area contributed by atoms with Crippen molar-refractivity contribution < 1.29 is 4.79 Å². The molecule has 0 spiro atoms. The van der Waals surface area contributed by atoms with E-state index >= 15 is 0 Å². The van der Waals surface area contributed by atoms with Crippen molar-refractivity contribution in [2.75, 3.05) is 0 Å². The highest BCUT2D eigenvalue weighted by Crippen LogP contribution is 2.17. The fourth-order valence-electron chi connectivity index (χ4n) is 2.46. The zero-order valence-electron chi connectivity index (χ0n) is 11.1. The van der Waals surface area contributed by atoms with Gasteiger partial charge in [0.25, 0.3) is 0 Å². The van der Waals surface area contributed by atoms with Gasteiger partial charge in [-0.1, -0.05) is 25.7 Å². The normalized spacial score (nSPS) is 17.4. The summed E-state index contributed by atoms with van der Waals surface area (Å²) >= 11 is 1.65. The van der Waals surface area contributed by atoms with Gasteiger partial charge in [-0.2, -0.15) is 0 Å². The first kappa shape index (κ1) is 13.5. The van der Waals surface area contributed by atoms with Crippen molar-refractivity contribution in [3.05, 3.63) is 16.1 Å². The Balaban J connectivity index is 1.71. The Labute approximate surface area is 113 Å². The molecule has 100 valence electrons. The molecule has 18 heavy (non-hydrogen) atoms. The Bertz CT molecular complexity index is 381. The van der Waals surface area contributed by atoms with Crippen LogP contribution in [0.4, 0.5) is 0 Å². The second-order valence-corrected chi connectivity index (χ2v) is 6.08. The van der Waals surface area contributed by atoms with Gasteiger partial charge in [0.2, 0.25) is 5.91 Å². The van der Waals surface area contributed by atoms with E-state index in [9.17, 15) is 4.79 Å². The first-order chi connectivity index (χ1) is 8.74. The Kier molecular flexibility index (Phi) is 5.17. The van der Waals surface area contributed by atoms with Gasteiger partial charge in [-0.3, -0.25) is 4.79 Å². The topological polar surface area (TPSA) is 42.0 Å². The summed E-state index contributed by atoms with van der Waals surface area (Å²) in [5.41, 5.74) is 1.05. The third kappa shape index (κ3) is 4.41. The van der Waals surface area contributed by atoms with E-state index < -0.39 is 0 Å². The van der Waals surface area contributed by atoms with Crippen LogP contribution in [-0.2, 0) is 11.2 Å². The highest BCUT2D eigenvalue weighted by atomic mass is 32.1. The third-order valence-corrected chi connectivity index (χ3v) is 4.48. The number of hydrogen-bond acceptors (Lipinski definition) is 3. The predicted molar refractivity (Wildman–Crippen MR) is 74.8 cm³/mol. The van der Waals surface area contributed by atoms with E-state index in [1.807, 2.05) is 12.3 Å². The predicted octanol–water partition coefficient (Wildman–Crippen LogP) is 3.22. The van der Waals surface area contributed by atoms with Crippen molar-refractivity contribution in [3.8, 4) is 0 Å². The molecule has 2 rings (SSSR count). The lowest BCUT2D eigenvalue weighted by Crippen LogP contribution is -2.34. The number of thiazole rings is 1. The number of hydrogen-bond donors (Lipinski definition) is 1. The molecule has 0 radical (unpaired) electrons. The van der Waals surface area contributed by atoms with Crippen LogP contribution in [-0.4, -0.2) is 16.9 Å². The average Bonchev–Trinajstić information content (AvgIpc) is 2.60. The molecule has 1 N–H and O–H groups in total. The van der Waals surface area contributed by atoms with Gasteiger partial charge in [-0.25, -0.2) is 4.98 Å². The molecule has 1 aliphatic carbocycles. The lowest BCUT2D eigenvalue weighted by Gasteiger charge is -2.15. The summed E-state index contributed by atoms with van der Waals surface area (Å²) in [4.78, 5) is 16.3. The molecule has 0 saturated heterocycles. The van der Waals surface area contributed by atoms with E-state index in [1.54, 1.807) is 11.3 Å². The lowest BCUT2D eigenvalue weighted by molar-refractivity contribution is -0.121. The Morgan fingerprint density at radius 1 is 1.39 bits per heavy atom. The highest BCUT2D eigenvalue weighted by molar-refractivity contribution is 7.09. The van der Waals surface area contributed by atoms with Gasteiger partial charge in [0.05, 0.1) is 5.01 Å². The molecule has 1 fully saturated rings. The van der Waals surface area contributed by atoms with Crippen LogP contribution < -0.4 is 5.32 Å². The van der Waals surface area contributed by atoms with Crippen LogP contribution in [0, 0.1) is 6.92 Å². The van der Waals surface area contributed by atoms with Crippen LogP contribution in [0.2, 0.25) is 0 Å². The van der Waals surface area contributed by atoms with Crippen molar-refractivity contribution in [2.24, 2.45) is 0 Å². The van der Waals surface area contributed by atoms with E-state index in [0.717, 1.165) is 30.0 Å². The summed E-state index contributed by atoms with van der Waals surface area (Å²) in [6.07, 6.45) is 8.83. The van der Waals surface area contributed by atoms with Gasteiger partial charge in [-0.05, 0) is 19.8 Å². The molecule has 4 heteroatoms. The maximum atomic E-state index is 11.9. The minimum atomic E-state index is 0.190. The quantitative estimate of drug-likeness (QED) is 0.850. The van der Waals surface area contributed by atoms with Gasteiger partial charge < -0.3 is 5.32 Å². The fourth-order valence-corrected chi connectivity index (χ4v) is 3.24. The number of nitrogens with one attached hydrogen (secondary N) is 1. The maximum Gasteiger partial charge on any atom is 0.220 e. The molecule has 0 unspecified atom stereocenters. The summed E-state index contributed by atoms with van der Waals surface area (Å²) < 4.78 is 0. The summed E-state index contributed by atoms with van der Waals surface area (Å²) in [7, 11) is 0. The summed E-state index contributed by atoms with van der Waals surface area (Å²) in [6.45, 7) is 1.99. The number of nitrogens with zero attached hydrogens (tertiary/aromatic N) is 1. The Hall–Kier alpha value is -0.900. The van der Waals surface area contributed by atoms with Gasteiger partial charge >= 0.3 is 0 Å². The van der Waals surface area contributed by atoms with Crippen LogP contribution >= 0.6 is 11.3 Å². The van der Waals surface area contributed by atoms with Crippen molar-refractivity contribution in [1.29, 1.82) is 0 Å². The van der Waals surface area contributed by atoms with Crippen molar-refractivity contribution in [3.63, 3.8) is 0 Å². The molecular weight excluding hydrogens is 244 g/mol. The molecule has 0 bridgehead atoms. The van der Waals surface area contributed by atoms with Crippen LogP contribution in [0.1, 0.15) is 55.6 Å². The third-order valence-electron chi connectivity index (χ3n) is 3.45. The standard InChI is InChI=1S/C14H22N2OS/c1-11-10-18-14(15-11)9-8-13(17)16-12-6-4-2-3-5-7-12/h10,12H,2-9H2,1H3,(H,16,17). The maximum absolute atomic E-state index is 11.9. The molecule has 1 aromatic rings. The van der Waals surface area contributed by atoms with E-state index in [4.69, 9.17) is 0 Å². The molecule has 1 amide bonds. The highest BCUT2D eigenvalue weighted by Gasteiger charge is 2.14. The van der Waals surface area contributed by atoms with Gasteiger partial charge in [-0.15, -0.1) is 11.3 Å². The summed E-state index contributed by atoms with van der Waals surface area (Å²) in [5, 5.41) is 6.29. The molecule has 0 atom stereocenters. The average molecular weight is 266 g/mol. The Morgan fingerprint density at radius 3 is 2.72 bits per heavy atom. The number of rotatable bonds is 4. The second-order valence-electron chi connectivity index (χ2n) is 5.14. The zero-order chi connectivity index (χ0) is 12.8. The van der Waals surface area contributed by atoms with Gasteiger partial charge in [0, 0.05) is 30.0 Å². The fraction of sp³-hybridized carbons (Fsp3) is 0.714. The van der Waals surface area contributed by atoms with Gasteiger partial charge in [0.1, 0.15) is 0 Å². The second kappa shape index (κ2) is 6.88. The van der Waals surface area contributed by atoms with Gasteiger partial charge in [0.15, 0.2) is 0 Å². The molecule has 3 nitrogen and oxygen atoms in total. The number of aryl methyl sites for hydroxylation is 2. The molecular formula is C14H22N2OS. The van der Waals surface area contributed by atoms with Crippen molar-refractivity contribution >= 4 is 17.2 Å². The van der Waals surface area contributed by atoms with Crippen LogP contribution in [0.3, 0.4) is 0 Å². The lowest BCUT2D eigenvalue weighted by atomic mass is 10.1. The van der Waals surface area contributed by atoms with E-state index in [0.29, 0.717) is 12.5 Å². The summed E-state index contributed by atoms with van der Waals surface area (Å²) in [6, 6.07) is 0.415. The van der Waals surface area contributed by atoms with E-state index in [-0.39, 0.29) is 5.91 Å². The first-order valence-electron chi connectivity index (χ1n) is 6.94. The molecule has 1 heterocycles. The minimum absolute atomic E-state index is 0.190. The van der Waals surface area contributed by atoms with Crippen LogP contribution in [0.5, 0.6) is 0 Å². The molecule has 0 aromatic carbocycles. The Morgan fingerprint density at radius 2 is 2.11 bits per heavy atom. The smallest absolute Gasteiger partial charge is 0.220 e. The van der Waals surface area contributed by atoms with Crippen LogP contribution in [0.15, 0.2) is 5.38 Å². The molecule has 1 saturated carbocycles. The monoisotopic (exact) mass is 266 g/mol. The first-order valence-corrected chi connectivity index (χ1v) is 7.82. The number of amides is 1. The van der Waals surface area contributed by atoms with Crippen LogP contribution in [0.25, 0.3) is 0 Å². The largest absolute Gasteiger partial charge is 0.353 e. The van der Waals surface area contributed by atoms with E-state index in [1.165, 1.54) is 25.7 Å². The number of carbonyl (C=O) groups excluding carboxylic acids is 1. The van der Waals surface area contributed by atoms with Crippen molar-refractivity contribution in [2.45, 2.75) is 64.3 Å². The number of aromatic nitrogens is 1. The molecule has 1 aromatic heterocycles. The van der Waals surface area contributed by atoms with E-state index in [2.05, 4.69) is 10.3 Å². The SMILES string of the molecule is Cc1csc(CCC(=O)NC2CCCCCC2)n1. The molecule has 1 aliphatic rings. The van der Waals surface area contributed by atoms with Crippen molar-refractivity contribution in [1.82, 2.24) is 10.3 Å². The zero-order valence-corrected chi connectivity index (χ0v) is 11.9. The number of carbonyl (C=O) groups is 1.